The molecule has 0 aliphatic rings. The molecule has 0 radical (unpaired) electrons. The molecule has 0 saturated heterocycles. The summed E-state index contributed by atoms with van der Waals surface area (Å²) in [5, 5.41) is 2.48. The molecule has 7 heteroatoms. The van der Waals surface area contributed by atoms with E-state index in [-0.39, 0.29) is 22.4 Å². The molecule has 1 aromatic carbocycles. The van der Waals surface area contributed by atoms with Gasteiger partial charge in [0, 0.05) is 30.6 Å². The Morgan fingerprint density at radius 3 is 2.59 bits per heavy atom. The number of carbonyl (C=O) groups is 1. The molecule has 1 N–H and O–H groups in total. The van der Waals surface area contributed by atoms with Crippen molar-refractivity contribution in [3.63, 3.8) is 0 Å². The van der Waals surface area contributed by atoms with Gasteiger partial charge < -0.3 is 9.88 Å². The van der Waals surface area contributed by atoms with E-state index in [1.807, 2.05) is 0 Å². The van der Waals surface area contributed by atoms with Crippen molar-refractivity contribution < 1.29 is 18.0 Å². The van der Waals surface area contributed by atoms with Crippen LogP contribution in [0.25, 0.3) is 0 Å². The normalized spacial score (nSPS) is 11.3. The lowest BCUT2D eigenvalue weighted by Gasteiger charge is -2.09. The Morgan fingerprint density at radius 2 is 1.95 bits per heavy atom. The molecule has 116 valence electrons. The summed E-state index contributed by atoms with van der Waals surface area (Å²) in [6, 6.07) is 8.12. The van der Waals surface area contributed by atoms with Crippen molar-refractivity contribution >= 4 is 11.6 Å². The zero-order valence-electron chi connectivity index (χ0n) is 11.6. The molecule has 0 saturated carbocycles. The van der Waals surface area contributed by atoms with E-state index in [1.165, 1.54) is 41.1 Å². The first-order chi connectivity index (χ1) is 10.2. The van der Waals surface area contributed by atoms with Gasteiger partial charge in [0.1, 0.15) is 0 Å². The summed E-state index contributed by atoms with van der Waals surface area (Å²) in [5.41, 5.74) is 0.0875. The first-order valence-electron chi connectivity index (χ1n) is 6.38. The third kappa shape index (κ3) is 4.21. The van der Waals surface area contributed by atoms with E-state index in [0.29, 0.717) is 0 Å². The molecule has 1 aromatic heterocycles. The van der Waals surface area contributed by atoms with E-state index in [4.69, 9.17) is 0 Å². The van der Waals surface area contributed by atoms with E-state index >= 15 is 0 Å². The molecular formula is C15H13F3N2O2. The number of hydrogen-bond acceptors (Lipinski definition) is 2. The van der Waals surface area contributed by atoms with Gasteiger partial charge in [-0.25, -0.2) is 0 Å². The molecule has 1 amide bonds. The van der Waals surface area contributed by atoms with Gasteiger partial charge in [-0.15, -0.1) is 0 Å². The van der Waals surface area contributed by atoms with Crippen molar-refractivity contribution in [3.8, 4) is 0 Å². The number of nitrogens with one attached hydrogen (secondary N) is 1. The number of amides is 1. The summed E-state index contributed by atoms with van der Waals surface area (Å²) in [5.74, 6) is -0.554. The summed E-state index contributed by atoms with van der Waals surface area (Å²) in [7, 11) is 1.55. The Morgan fingerprint density at radius 1 is 1.23 bits per heavy atom. The smallest absolute Gasteiger partial charge is 0.322 e. The molecular weight excluding hydrogens is 297 g/mol. The largest absolute Gasteiger partial charge is 0.393 e. The number of anilines is 1. The molecule has 0 atom stereocenters. The minimum atomic E-state index is -4.31. The molecule has 0 spiro atoms. The van der Waals surface area contributed by atoms with Gasteiger partial charge in [0.05, 0.1) is 6.42 Å². The van der Waals surface area contributed by atoms with Gasteiger partial charge >= 0.3 is 6.18 Å². The van der Waals surface area contributed by atoms with Crippen molar-refractivity contribution in [3.05, 3.63) is 64.1 Å². The molecule has 1 heterocycles. The predicted molar refractivity (Wildman–Crippen MR) is 75.8 cm³/mol. The Balaban J connectivity index is 2.16. The number of hydrogen-bond donors (Lipinski definition) is 1. The molecule has 0 aliphatic heterocycles. The molecule has 0 aliphatic carbocycles. The number of pyridine rings is 1. The van der Waals surface area contributed by atoms with E-state index in [0.717, 1.165) is 6.07 Å². The number of aromatic nitrogens is 1. The number of rotatable bonds is 3. The Bertz CT molecular complexity index is 751. The first-order valence-corrected chi connectivity index (χ1v) is 6.38. The second kappa shape index (κ2) is 6.05. The maximum absolute atomic E-state index is 12.4. The molecule has 0 fully saturated rings. The fraction of sp³-hybridized carbons (Fsp3) is 0.200. The molecule has 0 bridgehead atoms. The lowest BCUT2D eigenvalue weighted by atomic mass is 10.1. The second-order valence-corrected chi connectivity index (χ2v) is 4.81. The number of aryl methyl sites for hydroxylation is 1. The monoisotopic (exact) mass is 310 g/mol. The number of carbonyl (C=O) groups excluding carboxylic acids is 1. The Kier molecular flexibility index (Phi) is 4.35. The highest BCUT2D eigenvalue weighted by atomic mass is 19.4. The quantitative estimate of drug-likeness (QED) is 0.947. The van der Waals surface area contributed by atoms with Gasteiger partial charge in [0.2, 0.25) is 0 Å². The maximum atomic E-state index is 12.4. The van der Waals surface area contributed by atoms with Crippen LogP contribution >= 0.6 is 0 Å². The van der Waals surface area contributed by atoms with Crippen molar-refractivity contribution in [2.24, 2.45) is 7.05 Å². The average molecular weight is 310 g/mol. The Labute approximate surface area is 124 Å². The summed E-state index contributed by atoms with van der Waals surface area (Å²) in [6.45, 7) is 0. The minimum Gasteiger partial charge on any atom is -0.322 e. The summed E-state index contributed by atoms with van der Waals surface area (Å²) >= 11 is 0. The molecule has 0 unspecified atom stereocenters. The summed E-state index contributed by atoms with van der Waals surface area (Å²) < 4.78 is 38.4. The van der Waals surface area contributed by atoms with Crippen LogP contribution in [0.3, 0.4) is 0 Å². The number of nitrogens with zero attached hydrogens (tertiary/aromatic N) is 1. The van der Waals surface area contributed by atoms with Gasteiger partial charge in [-0.1, -0.05) is 12.1 Å². The highest BCUT2D eigenvalue weighted by molar-refractivity contribution is 6.04. The van der Waals surface area contributed by atoms with Crippen LogP contribution in [0.5, 0.6) is 0 Å². The lowest BCUT2D eigenvalue weighted by Crippen LogP contribution is -2.20. The number of alkyl halides is 3. The van der Waals surface area contributed by atoms with Crippen LogP contribution in [0.4, 0.5) is 18.9 Å². The molecule has 4 nitrogen and oxygen atoms in total. The SMILES string of the molecule is Cn1ccc(C(=O)Nc2cccc(CC(F)(F)F)c2)cc1=O. The summed E-state index contributed by atoms with van der Waals surface area (Å²) in [6.07, 6.45) is -3.94. The fourth-order valence-corrected chi connectivity index (χ4v) is 1.88. The zero-order valence-corrected chi connectivity index (χ0v) is 11.6. The number of halogens is 3. The third-order valence-electron chi connectivity index (χ3n) is 2.96. The van der Waals surface area contributed by atoms with Crippen LogP contribution in [0.15, 0.2) is 47.4 Å². The first kappa shape index (κ1) is 15.8. The van der Waals surface area contributed by atoms with Crippen molar-refractivity contribution in [2.45, 2.75) is 12.6 Å². The van der Waals surface area contributed by atoms with E-state index in [2.05, 4.69) is 5.32 Å². The Hall–Kier alpha value is -2.57. The van der Waals surface area contributed by atoms with Gasteiger partial charge in [0.15, 0.2) is 0 Å². The van der Waals surface area contributed by atoms with Gasteiger partial charge in [-0.3, -0.25) is 9.59 Å². The van der Waals surface area contributed by atoms with Crippen molar-refractivity contribution in [1.82, 2.24) is 4.57 Å². The fourth-order valence-electron chi connectivity index (χ4n) is 1.88. The number of benzene rings is 1. The topological polar surface area (TPSA) is 51.1 Å². The summed E-state index contributed by atoms with van der Waals surface area (Å²) in [4.78, 5) is 23.5. The van der Waals surface area contributed by atoms with Crippen LogP contribution < -0.4 is 10.9 Å². The third-order valence-corrected chi connectivity index (χ3v) is 2.96. The molecule has 2 rings (SSSR count). The van der Waals surface area contributed by atoms with Crippen molar-refractivity contribution in [2.75, 3.05) is 5.32 Å². The van der Waals surface area contributed by atoms with E-state index in [1.54, 1.807) is 7.05 Å². The molecule has 2 aromatic rings. The van der Waals surface area contributed by atoms with Crippen molar-refractivity contribution in [1.29, 1.82) is 0 Å². The van der Waals surface area contributed by atoms with Gasteiger partial charge in [-0.05, 0) is 23.8 Å². The minimum absolute atomic E-state index is 0.0503. The second-order valence-electron chi connectivity index (χ2n) is 4.81. The highest BCUT2D eigenvalue weighted by Crippen LogP contribution is 2.23. The van der Waals surface area contributed by atoms with Gasteiger partial charge in [-0.2, -0.15) is 13.2 Å². The van der Waals surface area contributed by atoms with E-state index < -0.39 is 18.5 Å². The molecule has 22 heavy (non-hydrogen) atoms. The van der Waals surface area contributed by atoms with E-state index in [9.17, 15) is 22.8 Å². The van der Waals surface area contributed by atoms with Crippen LogP contribution in [0.2, 0.25) is 0 Å². The van der Waals surface area contributed by atoms with Gasteiger partial charge in [0.25, 0.3) is 11.5 Å². The maximum Gasteiger partial charge on any atom is 0.393 e. The predicted octanol–water partition coefficient (Wildman–Crippen LogP) is 2.74. The highest BCUT2D eigenvalue weighted by Gasteiger charge is 2.27. The van der Waals surface area contributed by atoms with Crippen LogP contribution in [0, 0.1) is 0 Å². The lowest BCUT2D eigenvalue weighted by molar-refractivity contribution is -0.127. The van der Waals surface area contributed by atoms with Crippen LogP contribution in [-0.2, 0) is 13.5 Å². The van der Waals surface area contributed by atoms with Crippen LogP contribution in [0.1, 0.15) is 15.9 Å². The average Bonchev–Trinajstić information content (AvgIpc) is 2.40. The van der Waals surface area contributed by atoms with Crippen LogP contribution in [-0.4, -0.2) is 16.7 Å². The standard InChI is InChI=1S/C15H13F3N2O2/c1-20-6-5-11(8-13(20)21)14(22)19-12-4-2-3-10(7-12)9-15(16,17)18/h2-8H,9H2,1H3,(H,19,22). The zero-order chi connectivity index (χ0) is 16.3.